The third kappa shape index (κ3) is 6.21. The first-order valence-electron chi connectivity index (χ1n) is 7.41. The van der Waals surface area contributed by atoms with E-state index in [2.05, 4.69) is 22.0 Å². The highest BCUT2D eigenvalue weighted by atomic mass is 35.5. The molecule has 0 aliphatic carbocycles. The molecule has 1 N–H and O–H groups in total. The third-order valence-corrected chi connectivity index (χ3v) is 5.32. The van der Waals surface area contributed by atoms with Crippen molar-refractivity contribution in [2.75, 3.05) is 51.4 Å². The van der Waals surface area contributed by atoms with Crippen molar-refractivity contribution >= 4 is 24.2 Å². The fourth-order valence-corrected chi connectivity index (χ4v) is 4.24. The van der Waals surface area contributed by atoms with Crippen molar-refractivity contribution in [3.05, 3.63) is 0 Å². The van der Waals surface area contributed by atoms with Crippen molar-refractivity contribution in [3.63, 3.8) is 0 Å². The summed E-state index contributed by atoms with van der Waals surface area (Å²) in [5.74, 6) is 3.53. The van der Waals surface area contributed by atoms with Crippen LogP contribution in [0.3, 0.4) is 0 Å². The third-order valence-electron chi connectivity index (χ3n) is 4.13. The fraction of sp³-hybridized carbons (Fsp3) is 1.00. The van der Waals surface area contributed by atoms with Crippen LogP contribution in [-0.4, -0.2) is 62.3 Å². The van der Waals surface area contributed by atoms with Crippen LogP contribution >= 0.6 is 24.2 Å². The molecule has 2 unspecified atom stereocenters. The second-order valence-electron chi connectivity index (χ2n) is 5.57. The molecular formula is C14H29ClN2OS. The zero-order chi connectivity index (χ0) is 12.6. The molecule has 0 aromatic heterocycles. The molecule has 0 bridgehead atoms. The molecule has 19 heavy (non-hydrogen) atoms. The van der Waals surface area contributed by atoms with Crippen molar-refractivity contribution in [1.29, 1.82) is 0 Å². The molecule has 114 valence electrons. The first-order valence-corrected chi connectivity index (χ1v) is 8.57. The van der Waals surface area contributed by atoms with E-state index in [1.165, 1.54) is 56.8 Å². The van der Waals surface area contributed by atoms with E-state index in [0.717, 1.165) is 25.1 Å². The number of piperidine rings is 1. The van der Waals surface area contributed by atoms with Gasteiger partial charge in [0.15, 0.2) is 0 Å². The van der Waals surface area contributed by atoms with Gasteiger partial charge >= 0.3 is 0 Å². The van der Waals surface area contributed by atoms with Crippen LogP contribution in [0.2, 0.25) is 0 Å². The Kier molecular flexibility index (Phi) is 9.50. The molecule has 0 aromatic rings. The Balaban J connectivity index is 0.00000180. The standard InChI is InChI=1S/C14H28N2OS.ClH/c1-17-8-7-16(14-5-3-9-18-12-14)11-13-4-2-6-15-10-13;/h13-15H,2-12H2,1H3;1H. The molecular weight excluding hydrogens is 280 g/mol. The maximum absolute atomic E-state index is 5.29. The summed E-state index contributed by atoms with van der Waals surface area (Å²) in [6.45, 7) is 5.68. The van der Waals surface area contributed by atoms with Gasteiger partial charge < -0.3 is 10.1 Å². The molecule has 0 aromatic carbocycles. The van der Waals surface area contributed by atoms with E-state index in [1.807, 2.05) is 7.11 Å². The van der Waals surface area contributed by atoms with E-state index in [9.17, 15) is 0 Å². The molecule has 2 heterocycles. The number of nitrogens with one attached hydrogen (secondary N) is 1. The lowest BCUT2D eigenvalue weighted by molar-refractivity contribution is 0.103. The topological polar surface area (TPSA) is 24.5 Å². The Morgan fingerprint density at radius 3 is 2.84 bits per heavy atom. The number of ether oxygens (including phenoxy) is 1. The van der Waals surface area contributed by atoms with Crippen molar-refractivity contribution in [2.24, 2.45) is 5.92 Å². The zero-order valence-corrected chi connectivity index (χ0v) is 13.7. The van der Waals surface area contributed by atoms with Crippen LogP contribution in [0, 0.1) is 5.92 Å². The number of halogens is 1. The fourth-order valence-electron chi connectivity index (χ4n) is 3.05. The minimum absolute atomic E-state index is 0. The minimum Gasteiger partial charge on any atom is -0.383 e. The number of methoxy groups -OCH3 is 1. The maximum Gasteiger partial charge on any atom is 0.0589 e. The lowest BCUT2D eigenvalue weighted by Gasteiger charge is -2.37. The second kappa shape index (κ2) is 10.3. The lowest BCUT2D eigenvalue weighted by Crippen LogP contribution is -2.46. The van der Waals surface area contributed by atoms with Gasteiger partial charge in [-0.25, -0.2) is 0 Å². The van der Waals surface area contributed by atoms with Crippen molar-refractivity contribution in [3.8, 4) is 0 Å². The van der Waals surface area contributed by atoms with Gasteiger partial charge in [-0.05, 0) is 50.4 Å². The summed E-state index contributed by atoms with van der Waals surface area (Å²) in [7, 11) is 1.82. The number of hydrogen-bond donors (Lipinski definition) is 1. The van der Waals surface area contributed by atoms with Crippen LogP contribution < -0.4 is 5.32 Å². The molecule has 3 nitrogen and oxygen atoms in total. The van der Waals surface area contributed by atoms with Gasteiger partial charge in [0.25, 0.3) is 0 Å². The molecule has 2 fully saturated rings. The average Bonchev–Trinajstić information content (AvgIpc) is 2.45. The number of thioether (sulfide) groups is 1. The Hall–Kier alpha value is 0.520. The van der Waals surface area contributed by atoms with E-state index in [-0.39, 0.29) is 12.4 Å². The summed E-state index contributed by atoms with van der Waals surface area (Å²) >= 11 is 2.13. The number of rotatable bonds is 6. The Morgan fingerprint density at radius 2 is 2.21 bits per heavy atom. The Morgan fingerprint density at radius 1 is 1.32 bits per heavy atom. The maximum atomic E-state index is 5.29. The van der Waals surface area contributed by atoms with Gasteiger partial charge in [-0.2, -0.15) is 11.8 Å². The summed E-state index contributed by atoms with van der Waals surface area (Å²) in [5.41, 5.74) is 0. The predicted octanol–water partition coefficient (Wildman–Crippen LogP) is 2.25. The molecule has 2 aliphatic heterocycles. The smallest absolute Gasteiger partial charge is 0.0589 e. The van der Waals surface area contributed by atoms with E-state index in [1.54, 1.807) is 0 Å². The molecule has 0 spiro atoms. The summed E-state index contributed by atoms with van der Waals surface area (Å²) in [4.78, 5) is 2.70. The Bertz CT molecular complexity index is 221. The number of hydrogen-bond acceptors (Lipinski definition) is 4. The van der Waals surface area contributed by atoms with Gasteiger partial charge in [-0.15, -0.1) is 12.4 Å². The first-order chi connectivity index (χ1) is 8.90. The molecule has 0 radical (unpaired) electrons. The van der Waals surface area contributed by atoms with Crippen LogP contribution in [0.1, 0.15) is 25.7 Å². The summed E-state index contributed by atoms with van der Waals surface area (Å²) < 4.78 is 5.29. The van der Waals surface area contributed by atoms with Crippen LogP contribution in [0.4, 0.5) is 0 Å². The Labute approximate surface area is 128 Å². The monoisotopic (exact) mass is 308 g/mol. The van der Waals surface area contributed by atoms with E-state index in [4.69, 9.17) is 4.74 Å². The second-order valence-corrected chi connectivity index (χ2v) is 6.72. The average molecular weight is 309 g/mol. The first kappa shape index (κ1) is 17.6. The van der Waals surface area contributed by atoms with Crippen LogP contribution in [0.25, 0.3) is 0 Å². The van der Waals surface area contributed by atoms with Gasteiger partial charge in [0, 0.05) is 32.0 Å². The molecule has 5 heteroatoms. The van der Waals surface area contributed by atoms with Crippen LogP contribution in [-0.2, 0) is 4.74 Å². The van der Waals surface area contributed by atoms with Gasteiger partial charge in [-0.1, -0.05) is 0 Å². The van der Waals surface area contributed by atoms with Crippen LogP contribution in [0.5, 0.6) is 0 Å². The highest BCUT2D eigenvalue weighted by molar-refractivity contribution is 7.99. The van der Waals surface area contributed by atoms with E-state index >= 15 is 0 Å². The molecule has 0 saturated carbocycles. The van der Waals surface area contributed by atoms with E-state index in [0.29, 0.717) is 0 Å². The van der Waals surface area contributed by atoms with Crippen LogP contribution in [0.15, 0.2) is 0 Å². The van der Waals surface area contributed by atoms with Gasteiger partial charge in [-0.3, -0.25) is 4.90 Å². The lowest BCUT2D eigenvalue weighted by atomic mass is 9.98. The highest BCUT2D eigenvalue weighted by Crippen LogP contribution is 2.23. The summed E-state index contributed by atoms with van der Waals surface area (Å²) in [5, 5.41) is 3.54. The van der Waals surface area contributed by atoms with Gasteiger partial charge in [0.1, 0.15) is 0 Å². The zero-order valence-electron chi connectivity index (χ0n) is 12.1. The molecule has 2 atom stereocenters. The molecule has 2 aliphatic rings. The predicted molar refractivity (Wildman–Crippen MR) is 86.6 cm³/mol. The SMILES string of the molecule is COCCN(CC1CCCNC1)C1CCCSC1.Cl. The highest BCUT2D eigenvalue weighted by Gasteiger charge is 2.24. The molecule has 2 rings (SSSR count). The normalized spacial score (nSPS) is 28.1. The quantitative estimate of drug-likeness (QED) is 0.813. The van der Waals surface area contributed by atoms with E-state index < -0.39 is 0 Å². The molecule has 2 saturated heterocycles. The summed E-state index contributed by atoms with van der Waals surface area (Å²) in [6.07, 6.45) is 5.52. The molecule has 0 amide bonds. The summed E-state index contributed by atoms with van der Waals surface area (Å²) in [6, 6.07) is 0.792. The number of nitrogens with zero attached hydrogens (tertiary/aromatic N) is 1. The van der Waals surface area contributed by atoms with Crippen molar-refractivity contribution in [1.82, 2.24) is 10.2 Å². The van der Waals surface area contributed by atoms with Gasteiger partial charge in [0.05, 0.1) is 6.61 Å². The van der Waals surface area contributed by atoms with Crippen molar-refractivity contribution < 1.29 is 4.74 Å². The largest absolute Gasteiger partial charge is 0.383 e. The minimum atomic E-state index is 0. The van der Waals surface area contributed by atoms with Gasteiger partial charge in [0.2, 0.25) is 0 Å². The van der Waals surface area contributed by atoms with Crippen molar-refractivity contribution in [2.45, 2.75) is 31.7 Å².